The number of carbonyl (C=O) groups excluding carboxylic acids is 5. The molecule has 14 heteroatoms. The zero-order valence-corrected chi connectivity index (χ0v) is 20.5. The van der Waals surface area contributed by atoms with Crippen LogP contribution in [0.15, 0.2) is 24.3 Å². The van der Waals surface area contributed by atoms with Crippen molar-refractivity contribution in [2.45, 2.75) is 63.0 Å². The second-order valence-corrected chi connectivity index (χ2v) is 9.65. The molecule has 3 atom stereocenters. The van der Waals surface area contributed by atoms with Gasteiger partial charge in [0.15, 0.2) is 5.78 Å². The van der Waals surface area contributed by atoms with Gasteiger partial charge in [-0.05, 0) is 50.3 Å². The Morgan fingerprint density at radius 1 is 1.13 bits per heavy atom. The molecule has 1 aromatic carbocycles. The molecule has 4 N–H and O–H groups in total. The Labute approximate surface area is 215 Å². The van der Waals surface area contributed by atoms with Crippen LogP contribution in [0.3, 0.4) is 0 Å². The highest BCUT2D eigenvalue weighted by Crippen LogP contribution is 2.34. The lowest BCUT2D eigenvalue weighted by atomic mass is 9.95. The third-order valence-corrected chi connectivity index (χ3v) is 6.34. The molecule has 0 spiro atoms. The Bertz CT molecular complexity index is 1090. The molecule has 1 aliphatic heterocycles. The predicted molar refractivity (Wildman–Crippen MR) is 122 cm³/mol. The first-order valence-corrected chi connectivity index (χ1v) is 11.9. The number of hydrogen-bond acceptors (Lipinski definition) is 6. The number of hydrogen-bond donors (Lipinski definition) is 4. The maximum Gasteiger partial charge on any atom is 0.522 e. The number of rotatable bonds is 11. The van der Waals surface area contributed by atoms with E-state index in [1.165, 1.54) is 12.1 Å². The van der Waals surface area contributed by atoms with Crippen molar-refractivity contribution in [2.24, 2.45) is 5.92 Å². The SMILES string of the molecule is CC1(NC(=O)C(=O)NC(Cc2cccc(F)c2)C(=O)NC(CC2CCNC2=O)C(=O)COC(F)(F)F)CC1. The van der Waals surface area contributed by atoms with Gasteiger partial charge >= 0.3 is 18.2 Å². The minimum Gasteiger partial charge on any atom is -0.356 e. The lowest BCUT2D eigenvalue weighted by molar-refractivity contribution is -0.321. The normalized spacial score (nSPS) is 19.6. The number of amides is 4. The average molecular weight is 545 g/mol. The molecule has 2 fully saturated rings. The van der Waals surface area contributed by atoms with Gasteiger partial charge in [-0.25, -0.2) is 4.39 Å². The Kier molecular flexibility index (Phi) is 9.07. The van der Waals surface area contributed by atoms with Crippen LogP contribution in [-0.2, 0) is 35.1 Å². The van der Waals surface area contributed by atoms with Crippen molar-refractivity contribution in [1.29, 1.82) is 0 Å². The summed E-state index contributed by atoms with van der Waals surface area (Å²) in [5.74, 6) is -6.14. The maximum atomic E-state index is 13.7. The number of alkyl halides is 3. The molecule has 208 valence electrons. The lowest BCUT2D eigenvalue weighted by Crippen LogP contribution is -2.56. The molecule has 10 nitrogen and oxygen atoms in total. The number of ketones is 1. The fourth-order valence-electron chi connectivity index (χ4n) is 3.93. The molecule has 1 heterocycles. The fraction of sp³-hybridized carbons (Fsp3) is 0.542. The molecule has 1 saturated heterocycles. The van der Waals surface area contributed by atoms with Crippen LogP contribution in [0.25, 0.3) is 0 Å². The highest BCUT2D eigenvalue weighted by molar-refractivity contribution is 6.35. The van der Waals surface area contributed by atoms with Crippen molar-refractivity contribution in [3.63, 3.8) is 0 Å². The molecule has 4 amide bonds. The lowest BCUT2D eigenvalue weighted by Gasteiger charge is -2.24. The molecule has 1 saturated carbocycles. The van der Waals surface area contributed by atoms with E-state index in [1.54, 1.807) is 6.92 Å². The Morgan fingerprint density at radius 2 is 1.84 bits per heavy atom. The number of halogens is 4. The van der Waals surface area contributed by atoms with E-state index < -0.39 is 71.7 Å². The van der Waals surface area contributed by atoms with E-state index in [4.69, 9.17) is 0 Å². The molecular formula is C24H28F4N4O6. The fourth-order valence-corrected chi connectivity index (χ4v) is 3.93. The molecule has 3 rings (SSSR count). The minimum atomic E-state index is -5.10. The quantitative estimate of drug-likeness (QED) is 0.238. The first-order valence-electron chi connectivity index (χ1n) is 11.9. The largest absolute Gasteiger partial charge is 0.522 e. The topological polar surface area (TPSA) is 143 Å². The van der Waals surface area contributed by atoms with Gasteiger partial charge in [0.2, 0.25) is 11.8 Å². The van der Waals surface area contributed by atoms with Crippen molar-refractivity contribution in [2.75, 3.05) is 13.2 Å². The third kappa shape index (κ3) is 8.78. The summed E-state index contributed by atoms with van der Waals surface area (Å²) in [4.78, 5) is 62.6. The standard InChI is InChI=1S/C24H28F4N4O6/c1-23(6-7-23)32-22(37)21(36)31-17(10-13-3-2-4-15(25)9-13)20(35)30-16(11-14-5-8-29-19(14)34)18(33)12-38-24(26,27)28/h2-4,9,14,16-17H,5-8,10-12H2,1H3,(H,29,34)(H,30,35)(H,31,36)(H,32,37). The van der Waals surface area contributed by atoms with Gasteiger partial charge in [-0.3, -0.25) is 28.7 Å². The van der Waals surface area contributed by atoms with Gasteiger partial charge in [0.1, 0.15) is 18.5 Å². The number of Topliss-reactive ketones (excluding diaryl/α,β-unsaturated/α-hetero) is 1. The van der Waals surface area contributed by atoms with Gasteiger partial charge in [-0.2, -0.15) is 0 Å². The summed E-state index contributed by atoms with van der Waals surface area (Å²) in [6.45, 7) is 0.613. The molecule has 0 aromatic heterocycles. The predicted octanol–water partition coefficient (Wildman–Crippen LogP) is 0.638. The minimum absolute atomic E-state index is 0.262. The summed E-state index contributed by atoms with van der Waals surface area (Å²) >= 11 is 0. The summed E-state index contributed by atoms with van der Waals surface area (Å²) in [7, 11) is 0. The van der Waals surface area contributed by atoms with Crippen molar-refractivity contribution in [3.05, 3.63) is 35.6 Å². The Balaban J connectivity index is 1.77. The van der Waals surface area contributed by atoms with Crippen molar-refractivity contribution < 1.29 is 46.3 Å². The summed E-state index contributed by atoms with van der Waals surface area (Å²) in [5.41, 5.74) is -0.273. The third-order valence-electron chi connectivity index (χ3n) is 6.34. The van der Waals surface area contributed by atoms with Crippen molar-refractivity contribution in [3.8, 4) is 0 Å². The first-order chi connectivity index (χ1) is 17.7. The van der Waals surface area contributed by atoms with Gasteiger partial charge < -0.3 is 21.3 Å². The van der Waals surface area contributed by atoms with Crippen molar-refractivity contribution >= 4 is 29.4 Å². The van der Waals surface area contributed by atoms with E-state index in [0.717, 1.165) is 12.1 Å². The molecule has 1 aromatic rings. The monoisotopic (exact) mass is 544 g/mol. The van der Waals surface area contributed by atoms with E-state index in [2.05, 4.69) is 26.0 Å². The van der Waals surface area contributed by atoms with E-state index in [-0.39, 0.29) is 18.4 Å². The molecule has 0 bridgehead atoms. The first kappa shape index (κ1) is 29.0. The van der Waals surface area contributed by atoms with E-state index in [1.807, 2.05) is 0 Å². The summed E-state index contributed by atoms with van der Waals surface area (Å²) < 4.78 is 54.9. The zero-order valence-electron chi connectivity index (χ0n) is 20.5. The number of nitrogens with one attached hydrogen (secondary N) is 4. The smallest absolute Gasteiger partial charge is 0.356 e. The van der Waals surface area contributed by atoms with Crippen molar-refractivity contribution in [1.82, 2.24) is 21.3 Å². The Hall–Kier alpha value is -3.55. The zero-order chi connectivity index (χ0) is 28.1. The maximum absolute atomic E-state index is 13.7. The van der Waals surface area contributed by atoms with Crippen LogP contribution in [0.5, 0.6) is 0 Å². The highest BCUT2D eigenvalue weighted by Gasteiger charge is 2.41. The number of ether oxygens (including phenoxy) is 1. The summed E-state index contributed by atoms with van der Waals surface area (Å²) in [6.07, 6.45) is -4.09. The van der Waals surface area contributed by atoms with Crippen LogP contribution in [0, 0.1) is 11.7 Å². The van der Waals surface area contributed by atoms with Crippen LogP contribution in [0.4, 0.5) is 17.6 Å². The van der Waals surface area contributed by atoms with Crippen LogP contribution in [0.1, 0.15) is 38.2 Å². The molecule has 38 heavy (non-hydrogen) atoms. The van der Waals surface area contributed by atoms with Gasteiger partial charge in [0.25, 0.3) is 0 Å². The molecule has 0 radical (unpaired) electrons. The molecule has 3 unspecified atom stereocenters. The summed E-state index contributed by atoms with van der Waals surface area (Å²) in [5, 5.41) is 9.60. The molecular weight excluding hydrogens is 516 g/mol. The van der Waals surface area contributed by atoms with E-state index in [9.17, 15) is 41.5 Å². The van der Waals surface area contributed by atoms with Gasteiger partial charge in [-0.1, -0.05) is 12.1 Å². The second kappa shape index (κ2) is 11.9. The summed E-state index contributed by atoms with van der Waals surface area (Å²) in [6, 6.07) is 2.01. The Morgan fingerprint density at radius 3 is 2.42 bits per heavy atom. The van der Waals surface area contributed by atoms with Crippen LogP contribution in [-0.4, -0.2) is 66.5 Å². The number of carbonyl (C=O) groups is 5. The average Bonchev–Trinajstić information content (AvgIpc) is 3.42. The van der Waals surface area contributed by atoms with Crippen LogP contribution >= 0.6 is 0 Å². The van der Waals surface area contributed by atoms with E-state index >= 15 is 0 Å². The van der Waals surface area contributed by atoms with Gasteiger partial charge in [-0.15, -0.1) is 13.2 Å². The highest BCUT2D eigenvalue weighted by atomic mass is 19.4. The van der Waals surface area contributed by atoms with E-state index in [0.29, 0.717) is 25.8 Å². The van der Waals surface area contributed by atoms with Crippen LogP contribution < -0.4 is 21.3 Å². The second-order valence-electron chi connectivity index (χ2n) is 9.65. The molecule has 2 aliphatic rings. The number of benzene rings is 1. The molecule has 1 aliphatic carbocycles. The van der Waals surface area contributed by atoms with Gasteiger partial charge in [0.05, 0.1) is 6.04 Å². The van der Waals surface area contributed by atoms with Gasteiger partial charge in [0, 0.05) is 24.4 Å². The van der Waals surface area contributed by atoms with Crippen LogP contribution in [0.2, 0.25) is 0 Å².